The number of quaternary nitrogens is 1. The zero-order valence-electron chi connectivity index (χ0n) is 13.1. The van der Waals surface area contributed by atoms with Crippen LogP contribution in [0.4, 0.5) is 0 Å². The summed E-state index contributed by atoms with van der Waals surface area (Å²) in [5.74, 6) is 0.712. The van der Waals surface area contributed by atoms with Crippen LogP contribution in [0.1, 0.15) is 13.3 Å². The lowest BCUT2D eigenvalue weighted by Gasteiger charge is -2.33. The summed E-state index contributed by atoms with van der Waals surface area (Å²) in [5.41, 5.74) is 0. The van der Waals surface area contributed by atoms with Crippen LogP contribution in [0.3, 0.4) is 0 Å². The van der Waals surface area contributed by atoms with E-state index in [4.69, 9.17) is 16.3 Å². The number of carbonyl (C=O) groups excluding carboxylic acids is 1. The fraction of sp³-hybridized carbons (Fsp3) is 0.471. The van der Waals surface area contributed by atoms with Crippen molar-refractivity contribution in [3.05, 3.63) is 41.9 Å². The molecule has 1 atom stereocenters. The second-order valence-electron chi connectivity index (χ2n) is 5.54. The van der Waals surface area contributed by atoms with Crippen molar-refractivity contribution in [2.75, 3.05) is 32.7 Å². The van der Waals surface area contributed by atoms with E-state index in [1.54, 1.807) is 12.1 Å². The average Bonchev–Trinajstić information content (AvgIpc) is 2.53. The van der Waals surface area contributed by atoms with E-state index in [-0.39, 0.29) is 5.91 Å². The highest BCUT2D eigenvalue weighted by Gasteiger charge is 2.29. The first-order valence-corrected chi connectivity index (χ1v) is 8.17. The van der Waals surface area contributed by atoms with Crippen LogP contribution in [0.25, 0.3) is 0 Å². The Morgan fingerprint density at radius 2 is 2.23 bits per heavy atom. The van der Waals surface area contributed by atoms with Crippen molar-refractivity contribution in [2.24, 2.45) is 0 Å². The molecule has 0 bridgehead atoms. The van der Waals surface area contributed by atoms with Crippen molar-refractivity contribution in [3.8, 4) is 5.75 Å². The number of piperazine rings is 1. The second kappa shape index (κ2) is 8.20. The monoisotopic (exact) mass is 323 g/mol. The summed E-state index contributed by atoms with van der Waals surface area (Å²) in [7, 11) is 0. The Morgan fingerprint density at radius 1 is 1.50 bits per heavy atom. The minimum Gasteiger partial charge on any atom is -0.481 e. The van der Waals surface area contributed by atoms with E-state index in [9.17, 15) is 4.79 Å². The first-order chi connectivity index (χ1) is 10.6. The maximum Gasteiger partial charge on any atom is 0.264 e. The van der Waals surface area contributed by atoms with Gasteiger partial charge in [-0.3, -0.25) is 4.79 Å². The highest BCUT2D eigenvalue weighted by Crippen LogP contribution is 2.19. The highest BCUT2D eigenvalue weighted by atomic mass is 35.5. The standard InChI is InChI=1S/C17H23ClN2O2/c1-3-8-19-9-11-20(12-10-19)17(21)16(4-2)22-15-7-5-6-14(18)13-15/h3,5-7,13,16H,1,4,8-12H2,2H3/p+1/t16-/m1/s1. The van der Waals surface area contributed by atoms with Crippen LogP contribution in [0.15, 0.2) is 36.9 Å². The topological polar surface area (TPSA) is 34.0 Å². The molecule has 1 aromatic carbocycles. The molecule has 0 aliphatic carbocycles. The lowest BCUT2D eigenvalue weighted by Crippen LogP contribution is -3.14. The maximum absolute atomic E-state index is 12.6. The molecule has 0 unspecified atom stereocenters. The van der Waals surface area contributed by atoms with Gasteiger partial charge in [0.15, 0.2) is 6.10 Å². The molecule has 1 aromatic rings. The maximum atomic E-state index is 12.6. The van der Waals surface area contributed by atoms with Crippen LogP contribution in [-0.2, 0) is 4.79 Å². The Morgan fingerprint density at radius 3 is 2.82 bits per heavy atom. The van der Waals surface area contributed by atoms with E-state index in [0.29, 0.717) is 17.2 Å². The van der Waals surface area contributed by atoms with Crippen molar-refractivity contribution in [3.63, 3.8) is 0 Å². The molecular formula is C17H24ClN2O2+. The quantitative estimate of drug-likeness (QED) is 0.803. The van der Waals surface area contributed by atoms with Crippen LogP contribution < -0.4 is 9.64 Å². The first kappa shape index (κ1) is 16.8. The van der Waals surface area contributed by atoms with Crippen LogP contribution in [0, 0.1) is 0 Å². The number of rotatable bonds is 6. The molecule has 120 valence electrons. The van der Waals surface area contributed by atoms with Gasteiger partial charge < -0.3 is 14.5 Å². The summed E-state index contributed by atoms with van der Waals surface area (Å²) in [6.45, 7) is 10.2. The molecular weight excluding hydrogens is 300 g/mol. The Bertz CT molecular complexity index is 513. The lowest BCUT2D eigenvalue weighted by atomic mass is 10.2. The van der Waals surface area contributed by atoms with Gasteiger partial charge >= 0.3 is 0 Å². The van der Waals surface area contributed by atoms with Gasteiger partial charge in [0, 0.05) is 5.02 Å². The number of hydrogen-bond donors (Lipinski definition) is 1. The minimum atomic E-state index is -0.445. The molecule has 0 aromatic heterocycles. The largest absolute Gasteiger partial charge is 0.481 e. The van der Waals surface area contributed by atoms with Crippen LogP contribution in [-0.4, -0.2) is 49.6 Å². The third-order valence-corrected chi connectivity index (χ3v) is 4.17. The summed E-state index contributed by atoms with van der Waals surface area (Å²) < 4.78 is 5.84. The van der Waals surface area contributed by atoms with Gasteiger partial charge in [0.2, 0.25) is 0 Å². The van der Waals surface area contributed by atoms with Gasteiger partial charge in [0.1, 0.15) is 5.75 Å². The summed E-state index contributed by atoms with van der Waals surface area (Å²) >= 11 is 5.96. The van der Waals surface area contributed by atoms with Gasteiger partial charge in [-0.2, -0.15) is 0 Å². The van der Waals surface area contributed by atoms with E-state index in [2.05, 4.69) is 6.58 Å². The Balaban J connectivity index is 1.93. The molecule has 0 radical (unpaired) electrons. The lowest BCUT2D eigenvalue weighted by molar-refractivity contribution is -0.898. The van der Waals surface area contributed by atoms with Gasteiger partial charge in [-0.25, -0.2) is 0 Å². The number of nitrogens with zero attached hydrogens (tertiary/aromatic N) is 1. The second-order valence-corrected chi connectivity index (χ2v) is 5.98. The van der Waals surface area contributed by atoms with Crippen LogP contribution >= 0.6 is 11.6 Å². The molecule has 1 fully saturated rings. The Kier molecular flexibility index (Phi) is 6.28. The summed E-state index contributed by atoms with van der Waals surface area (Å²) in [6.07, 6.45) is 2.13. The Hall–Kier alpha value is -1.52. The zero-order chi connectivity index (χ0) is 15.9. The highest BCUT2D eigenvalue weighted by molar-refractivity contribution is 6.30. The predicted molar refractivity (Wildman–Crippen MR) is 88.5 cm³/mol. The number of amides is 1. The van der Waals surface area contributed by atoms with Crippen molar-refractivity contribution in [2.45, 2.75) is 19.4 Å². The number of benzene rings is 1. The van der Waals surface area contributed by atoms with Crippen molar-refractivity contribution >= 4 is 17.5 Å². The first-order valence-electron chi connectivity index (χ1n) is 7.79. The van der Waals surface area contributed by atoms with Crippen LogP contribution in [0.2, 0.25) is 5.02 Å². The third kappa shape index (κ3) is 4.49. The molecule has 1 amide bonds. The van der Waals surface area contributed by atoms with Crippen LogP contribution in [0.5, 0.6) is 5.75 Å². The molecule has 4 nitrogen and oxygen atoms in total. The molecule has 1 N–H and O–H groups in total. The minimum absolute atomic E-state index is 0.0696. The Labute approximate surface area is 137 Å². The van der Waals surface area contributed by atoms with Gasteiger partial charge in [0.25, 0.3) is 5.91 Å². The molecule has 1 aliphatic heterocycles. The molecule has 2 rings (SSSR count). The fourth-order valence-electron chi connectivity index (χ4n) is 2.67. The molecule has 1 heterocycles. The predicted octanol–water partition coefficient (Wildman–Crippen LogP) is 1.41. The molecule has 22 heavy (non-hydrogen) atoms. The smallest absolute Gasteiger partial charge is 0.264 e. The molecule has 1 aliphatic rings. The van der Waals surface area contributed by atoms with E-state index in [1.165, 1.54) is 4.90 Å². The van der Waals surface area contributed by atoms with E-state index in [1.807, 2.05) is 30.0 Å². The fourth-order valence-corrected chi connectivity index (χ4v) is 2.85. The van der Waals surface area contributed by atoms with E-state index in [0.717, 1.165) is 32.7 Å². The van der Waals surface area contributed by atoms with Gasteiger partial charge in [0.05, 0.1) is 32.7 Å². The molecule has 0 saturated carbocycles. The van der Waals surface area contributed by atoms with Gasteiger partial charge in [-0.1, -0.05) is 31.2 Å². The van der Waals surface area contributed by atoms with Gasteiger partial charge in [-0.15, -0.1) is 0 Å². The molecule has 1 saturated heterocycles. The number of carbonyl (C=O) groups is 1. The summed E-state index contributed by atoms with van der Waals surface area (Å²) in [6, 6.07) is 7.18. The van der Waals surface area contributed by atoms with E-state index < -0.39 is 6.10 Å². The summed E-state index contributed by atoms with van der Waals surface area (Å²) in [4.78, 5) is 16.0. The number of hydrogen-bond acceptors (Lipinski definition) is 2. The number of ether oxygens (including phenoxy) is 1. The molecule has 5 heteroatoms. The van der Waals surface area contributed by atoms with Gasteiger partial charge in [-0.05, 0) is 30.7 Å². The molecule has 0 spiro atoms. The third-order valence-electron chi connectivity index (χ3n) is 3.94. The number of nitrogens with one attached hydrogen (secondary N) is 1. The normalized spacial score (nSPS) is 17.1. The average molecular weight is 324 g/mol. The van der Waals surface area contributed by atoms with Crippen molar-refractivity contribution < 1.29 is 14.4 Å². The van der Waals surface area contributed by atoms with E-state index >= 15 is 0 Å². The van der Waals surface area contributed by atoms with Crippen molar-refractivity contribution in [1.82, 2.24) is 4.90 Å². The number of halogens is 1. The van der Waals surface area contributed by atoms with Crippen molar-refractivity contribution in [1.29, 1.82) is 0 Å². The summed E-state index contributed by atoms with van der Waals surface area (Å²) in [5, 5.41) is 0.612. The SMILES string of the molecule is C=CC[NH+]1CCN(C(=O)[C@@H](CC)Oc2cccc(Cl)c2)CC1. The zero-order valence-corrected chi connectivity index (χ0v) is 13.8.